The van der Waals surface area contributed by atoms with Gasteiger partial charge < -0.3 is 15.0 Å². The number of rotatable bonds is 6. The van der Waals surface area contributed by atoms with Gasteiger partial charge in [-0.3, -0.25) is 4.79 Å². The summed E-state index contributed by atoms with van der Waals surface area (Å²) in [5.41, 5.74) is 5.41. The van der Waals surface area contributed by atoms with Crippen molar-refractivity contribution in [2.75, 3.05) is 0 Å². The van der Waals surface area contributed by atoms with Crippen molar-refractivity contribution in [1.29, 1.82) is 0 Å². The predicted octanol–water partition coefficient (Wildman–Crippen LogP) is 5.41. The number of benzene rings is 4. The summed E-state index contributed by atoms with van der Waals surface area (Å²) < 4.78 is 2.33. The van der Waals surface area contributed by atoms with Crippen molar-refractivity contribution >= 4 is 27.7 Å². The Morgan fingerprint density at radius 3 is 2.31 bits per heavy atom. The molecule has 0 saturated heterocycles. The number of nitrogens with zero attached hydrogens (tertiary/aromatic N) is 1. The largest absolute Gasteiger partial charge is 0.508 e. The highest BCUT2D eigenvalue weighted by Gasteiger charge is 2.12. The van der Waals surface area contributed by atoms with E-state index in [2.05, 4.69) is 70.5 Å². The van der Waals surface area contributed by atoms with Gasteiger partial charge in [-0.05, 0) is 41.0 Å². The van der Waals surface area contributed by atoms with E-state index >= 15 is 0 Å². The molecule has 4 aromatic carbocycles. The Balaban J connectivity index is 1.43. The summed E-state index contributed by atoms with van der Waals surface area (Å²) in [7, 11) is 0. The normalized spacial score (nSPS) is 11.1. The van der Waals surface area contributed by atoms with E-state index in [9.17, 15) is 9.90 Å². The highest BCUT2D eigenvalue weighted by atomic mass is 16.3. The lowest BCUT2D eigenvalue weighted by Crippen LogP contribution is -2.24. The number of para-hydroxylation sites is 1. The van der Waals surface area contributed by atoms with Gasteiger partial charge >= 0.3 is 0 Å². The highest BCUT2D eigenvalue weighted by Crippen LogP contribution is 2.30. The second-order valence-corrected chi connectivity index (χ2v) is 8.06. The van der Waals surface area contributed by atoms with Crippen molar-refractivity contribution < 1.29 is 9.90 Å². The van der Waals surface area contributed by atoms with Crippen LogP contribution in [0.4, 0.5) is 0 Å². The molecule has 158 valence electrons. The summed E-state index contributed by atoms with van der Waals surface area (Å²) in [4.78, 5) is 12.6. The number of fused-ring (bicyclic) bond motifs is 3. The van der Waals surface area contributed by atoms with E-state index in [0.29, 0.717) is 13.0 Å². The van der Waals surface area contributed by atoms with E-state index in [1.807, 2.05) is 18.2 Å². The number of amides is 1. The summed E-state index contributed by atoms with van der Waals surface area (Å²) in [6.45, 7) is 1.17. The topological polar surface area (TPSA) is 54.3 Å². The molecule has 0 fully saturated rings. The molecule has 0 atom stereocenters. The highest BCUT2D eigenvalue weighted by molar-refractivity contribution is 6.08. The third-order valence-corrected chi connectivity index (χ3v) is 5.79. The molecule has 0 saturated carbocycles. The van der Waals surface area contributed by atoms with Gasteiger partial charge in [0.25, 0.3) is 0 Å². The van der Waals surface area contributed by atoms with Crippen molar-refractivity contribution in [3.8, 4) is 5.75 Å². The van der Waals surface area contributed by atoms with Crippen LogP contribution in [0.2, 0.25) is 0 Å². The van der Waals surface area contributed by atoms with Gasteiger partial charge in [0.15, 0.2) is 0 Å². The van der Waals surface area contributed by atoms with Crippen LogP contribution in [0.25, 0.3) is 21.8 Å². The molecule has 5 rings (SSSR count). The number of nitrogens with one attached hydrogen (secondary N) is 1. The molecule has 0 radical (unpaired) electrons. The molecule has 0 aliphatic heterocycles. The summed E-state index contributed by atoms with van der Waals surface area (Å²) in [5.74, 6) is 0.159. The van der Waals surface area contributed by atoms with Crippen molar-refractivity contribution in [2.45, 2.75) is 19.5 Å². The van der Waals surface area contributed by atoms with Crippen LogP contribution in [-0.2, 0) is 24.3 Å². The van der Waals surface area contributed by atoms with E-state index in [1.165, 1.54) is 21.9 Å². The summed E-state index contributed by atoms with van der Waals surface area (Å²) in [5, 5.41) is 15.0. The number of phenolic OH excluding ortho intramolecular Hbond substituents is 1. The van der Waals surface area contributed by atoms with E-state index in [4.69, 9.17) is 0 Å². The molecule has 32 heavy (non-hydrogen) atoms. The van der Waals surface area contributed by atoms with Gasteiger partial charge in [0.05, 0.1) is 6.42 Å². The number of carbonyl (C=O) groups excluding carboxylic acids is 1. The number of hydrogen-bond acceptors (Lipinski definition) is 2. The maximum absolute atomic E-state index is 12.6. The molecule has 0 spiro atoms. The SMILES string of the molecule is O=C(Cc1ccc2c3ccccc3n(Cc3ccccc3)c2c1)NCc1cccc(O)c1. The van der Waals surface area contributed by atoms with Gasteiger partial charge in [-0.2, -0.15) is 0 Å². The molecule has 4 nitrogen and oxygen atoms in total. The zero-order valence-electron chi connectivity index (χ0n) is 17.7. The summed E-state index contributed by atoms with van der Waals surface area (Å²) in [6, 6.07) is 32.1. The molecule has 4 heteroatoms. The van der Waals surface area contributed by atoms with Crippen LogP contribution in [0, 0.1) is 0 Å². The third-order valence-electron chi connectivity index (χ3n) is 5.79. The van der Waals surface area contributed by atoms with Crippen molar-refractivity contribution in [1.82, 2.24) is 9.88 Å². The zero-order chi connectivity index (χ0) is 21.9. The van der Waals surface area contributed by atoms with Crippen LogP contribution in [0.3, 0.4) is 0 Å². The quantitative estimate of drug-likeness (QED) is 0.386. The maximum atomic E-state index is 12.6. The monoisotopic (exact) mass is 420 g/mol. The van der Waals surface area contributed by atoms with Crippen LogP contribution in [0.5, 0.6) is 5.75 Å². The fourth-order valence-corrected chi connectivity index (χ4v) is 4.26. The molecule has 1 aromatic heterocycles. The predicted molar refractivity (Wildman–Crippen MR) is 129 cm³/mol. The minimum absolute atomic E-state index is 0.0431. The Kier molecular flexibility index (Phi) is 5.34. The lowest BCUT2D eigenvalue weighted by molar-refractivity contribution is -0.120. The fraction of sp³-hybridized carbons (Fsp3) is 0.107. The van der Waals surface area contributed by atoms with Crippen molar-refractivity contribution in [3.63, 3.8) is 0 Å². The van der Waals surface area contributed by atoms with E-state index in [-0.39, 0.29) is 11.7 Å². The van der Waals surface area contributed by atoms with Crippen molar-refractivity contribution in [2.24, 2.45) is 0 Å². The lowest BCUT2D eigenvalue weighted by Gasteiger charge is -2.09. The first-order valence-electron chi connectivity index (χ1n) is 10.8. The zero-order valence-corrected chi connectivity index (χ0v) is 17.7. The average Bonchev–Trinajstić information content (AvgIpc) is 3.11. The van der Waals surface area contributed by atoms with Crippen LogP contribution < -0.4 is 5.32 Å². The number of carbonyl (C=O) groups is 1. The number of aromatic nitrogens is 1. The Morgan fingerprint density at radius 1 is 0.719 bits per heavy atom. The van der Waals surface area contributed by atoms with Crippen molar-refractivity contribution in [3.05, 3.63) is 114 Å². The van der Waals surface area contributed by atoms with Crippen LogP contribution in [0.15, 0.2) is 97.1 Å². The molecule has 2 N–H and O–H groups in total. The maximum Gasteiger partial charge on any atom is 0.224 e. The number of phenols is 1. The molecule has 1 amide bonds. The van der Waals surface area contributed by atoms with Gasteiger partial charge in [-0.1, -0.05) is 72.8 Å². The average molecular weight is 421 g/mol. The standard InChI is InChI=1S/C28H24N2O2/c31-23-10-6-9-22(15-23)18-29-28(32)17-21-13-14-25-24-11-4-5-12-26(24)30(27(25)16-21)19-20-7-2-1-3-8-20/h1-16,31H,17-19H2,(H,29,32). The van der Waals surface area contributed by atoms with Crippen LogP contribution >= 0.6 is 0 Å². The Hall–Kier alpha value is -4.05. The second kappa shape index (κ2) is 8.60. The minimum Gasteiger partial charge on any atom is -0.508 e. The number of hydrogen-bond donors (Lipinski definition) is 2. The van der Waals surface area contributed by atoms with Gasteiger partial charge in [-0.25, -0.2) is 0 Å². The van der Waals surface area contributed by atoms with Gasteiger partial charge in [0.2, 0.25) is 5.91 Å². The molecule has 5 aromatic rings. The Bertz CT molecular complexity index is 1400. The van der Waals surface area contributed by atoms with Gasteiger partial charge in [0.1, 0.15) is 5.75 Å². The molecular formula is C28H24N2O2. The third kappa shape index (κ3) is 4.08. The minimum atomic E-state index is -0.0431. The molecule has 1 heterocycles. The van der Waals surface area contributed by atoms with Crippen LogP contribution in [0.1, 0.15) is 16.7 Å². The Labute approximate surface area is 186 Å². The van der Waals surface area contributed by atoms with Gasteiger partial charge in [0, 0.05) is 34.9 Å². The van der Waals surface area contributed by atoms with E-state index in [1.54, 1.807) is 18.2 Å². The summed E-state index contributed by atoms with van der Waals surface area (Å²) >= 11 is 0. The summed E-state index contributed by atoms with van der Waals surface area (Å²) in [6.07, 6.45) is 0.307. The fourth-order valence-electron chi connectivity index (χ4n) is 4.26. The molecule has 0 bridgehead atoms. The molecule has 0 unspecified atom stereocenters. The van der Waals surface area contributed by atoms with E-state index in [0.717, 1.165) is 23.2 Å². The first kappa shape index (κ1) is 19.9. The number of aromatic hydroxyl groups is 1. The molecule has 0 aliphatic rings. The van der Waals surface area contributed by atoms with E-state index < -0.39 is 0 Å². The first-order chi connectivity index (χ1) is 15.7. The van der Waals surface area contributed by atoms with Crippen LogP contribution in [-0.4, -0.2) is 15.6 Å². The second-order valence-electron chi connectivity index (χ2n) is 8.06. The molecular weight excluding hydrogens is 396 g/mol. The first-order valence-corrected chi connectivity index (χ1v) is 10.8. The Morgan fingerprint density at radius 2 is 1.47 bits per heavy atom. The molecule has 0 aliphatic carbocycles. The lowest BCUT2D eigenvalue weighted by atomic mass is 10.1. The van der Waals surface area contributed by atoms with Gasteiger partial charge in [-0.15, -0.1) is 0 Å². The smallest absolute Gasteiger partial charge is 0.224 e.